The summed E-state index contributed by atoms with van der Waals surface area (Å²) in [5, 5.41) is 2.81. The number of carbonyl (C=O) groups excluding carboxylic acids is 1. The number of aromatic nitrogens is 1. The van der Waals surface area contributed by atoms with Gasteiger partial charge in [-0.25, -0.2) is 8.42 Å². The number of sulfonamides is 1. The van der Waals surface area contributed by atoms with Gasteiger partial charge in [-0.05, 0) is 60.2 Å². The van der Waals surface area contributed by atoms with Crippen LogP contribution in [0.5, 0.6) is 0 Å². The van der Waals surface area contributed by atoms with E-state index in [1.165, 1.54) is 36.7 Å². The standard InChI is InChI=1S/C24H19N3O4S/c28-24(23(16-21-9-5-15-31-21)18-6-2-1-3-7-18)26-19-10-12-22(13-11-19)32(29,30)27-20-8-4-14-25-17-20/h1-17,27H,(H,26,28)/b23-16+. The van der Waals surface area contributed by atoms with Crippen molar-refractivity contribution < 1.29 is 17.6 Å². The molecule has 2 heterocycles. The van der Waals surface area contributed by atoms with Crippen LogP contribution < -0.4 is 10.0 Å². The summed E-state index contributed by atoms with van der Waals surface area (Å²) in [6.07, 6.45) is 6.16. The summed E-state index contributed by atoms with van der Waals surface area (Å²) >= 11 is 0. The minimum absolute atomic E-state index is 0.0637. The van der Waals surface area contributed by atoms with Gasteiger partial charge in [0.05, 0.1) is 28.6 Å². The van der Waals surface area contributed by atoms with Crippen molar-refractivity contribution in [1.82, 2.24) is 4.98 Å². The molecule has 0 spiro atoms. The first-order chi connectivity index (χ1) is 15.5. The predicted molar refractivity (Wildman–Crippen MR) is 123 cm³/mol. The zero-order valence-corrected chi connectivity index (χ0v) is 17.6. The van der Waals surface area contributed by atoms with Crippen molar-refractivity contribution in [3.05, 3.63) is 109 Å². The van der Waals surface area contributed by atoms with Gasteiger partial charge in [-0.3, -0.25) is 14.5 Å². The van der Waals surface area contributed by atoms with Crippen LogP contribution in [0.25, 0.3) is 11.6 Å². The Morgan fingerprint density at radius 3 is 2.31 bits per heavy atom. The van der Waals surface area contributed by atoms with Crippen LogP contribution in [0.4, 0.5) is 11.4 Å². The number of carbonyl (C=O) groups is 1. The van der Waals surface area contributed by atoms with Gasteiger partial charge in [-0.1, -0.05) is 30.3 Å². The maximum absolute atomic E-state index is 13.0. The minimum atomic E-state index is -3.78. The van der Waals surface area contributed by atoms with Crippen LogP contribution in [0.15, 0.2) is 107 Å². The summed E-state index contributed by atoms with van der Waals surface area (Å²) in [4.78, 5) is 17.0. The lowest BCUT2D eigenvalue weighted by Gasteiger charge is -2.11. The lowest BCUT2D eigenvalue weighted by atomic mass is 10.0. The molecule has 8 heteroatoms. The van der Waals surface area contributed by atoms with Crippen molar-refractivity contribution >= 4 is 39.0 Å². The lowest BCUT2D eigenvalue weighted by Crippen LogP contribution is -2.15. The maximum atomic E-state index is 13.0. The highest BCUT2D eigenvalue weighted by molar-refractivity contribution is 7.92. The van der Waals surface area contributed by atoms with E-state index in [4.69, 9.17) is 4.42 Å². The molecule has 0 saturated carbocycles. The molecule has 0 atom stereocenters. The van der Waals surface area contributed by atoms with Crippen LogP contribution in [0, 0.1) is 0 Å². The van der Waals surface area contributed by atoms with Gasteiger partial charge in [0.25, 0.3) is 15.9 Å². The summed E-state index contributed by atoms with van der Waals surface area (Å²) in [6, 6.07) is 21.9. The molecule has 0 aliphatic heterocycles. The number of anilines is 2. The molecule has 160 valence electrons. The number of rotatable bonds is 7. The van der Waals surface area contributed by atoms with E-state index in [2.05, 4.69) is 15.0 Å². The topological polar surface area (TPSA) is 101 Å². The number of nitrogens with zero attached hydrogens (tertiary/aromatic N) is 1. The number of pyridine rings is 1. The lowest BCUT2D eigenvalue weighted by molar-refractivity contribution is -0.111. The molecule has 7 nitrogen and oxygen atoms in total. The number of hydrogen-bond donors (Lipinski definition) is 2. The summed E-state index contributed by atoms with van der Waals surface area (Å²) in [6.45, 7) is 0. The van der Waals surface area contributed by atoms with Crippen molar-refractivity contribution in [2.24, 2.45) is 0 Å². The van der Waals surface area contributed by atoms with Gasteiger partial charge < -0.3 is 9.73 Å². The second kappa shape index (κ2) is 9.32. The Labute approximate surface area is 185 Å². The Bertz CT molecular complexity index is 1320. The van der Waals surface area contributed by atoms with Crippen molar-refractivity contribution in [1.29, 1.82) is 0 Å². The summed E-state index contributed by atoms with van der Waals surface area (Å²) in [7, 11) is -3.78. The van der Waals surface area contributed by atoms with Gasteiger partial charge in [-0.2, -0.15) is 0 Å². The van der Waals surface area contributed by atoms with Gasteiger partial charge in [0.15, 0.2) is 0 Å². The minimum Gasteiger partial charge on any atom is -0.465 e. The molecule has 4 rings (SSSR count). The van der Waals surface area contributed by atoms with E-state index in [1.807, 2.05) is 30.3 Å². The molecular formula is C24H19N3O4S. The van der Waals surface area contributed by atoms with Crippen LogP contribution in [-0.4, -0.2) is 19.3 Å². The Hall–Kier alpha value is -4.17. The van der Waals surface area contributed by atoms with Crippen LogP contribution in [0.1, 0.15) is 11.3 Å². The van der Waals surface area contributed by atoms with E-state index >= 15 is 0 Å². The zero-order chi connectivity index (χ0) is 22.4. The molecule has 4 aromatic rings. The third kappa shape index (κ3) is 5.11. The molecule has 0 unspecified atom stereocenters. The molecule has 2 aromatic carbocycles. The van der Waals surface area contributed by atoms with Crippen molar-refractivity contribution in [3.8, 4) is 0 Å². The van der Waals surface area contributed by atoms with Crippen molar-refractivity contribution in [2.75, 3.05) is 10.0 Å². The van der Waals surface area contributed by atoms with E-state index in [0.717, 1.165) is 5.56 Å². The molecule has 0 radical (unpaired) electrons. The quantitative estimate of drug-likeness (QED) is 0.403. The SMILES string of the molecule is O=C(Nc1ccc(S(=O)(=O)Nc2cccnc2)cc1)/C(=C/c1ccco1)c1ccccc1. The van der Waals surface area contributed by atoms with Crippen molar-refractivity contribution in [2.45, 2.75) is 4.90 Å². The second-order valence-electron chi connectivity index (χ2n) is 6.77. The summed E-state index contributed by atoms with van der Waals surface area (Å²) in [5.74, 6) is 0.193. The number of nitrogens with one attached hydrogen (secondary N) is 2. The zero-order valence-electron chi connectivity index (χ0n) is 16.8. The molecule has 32 heavy (non-hydrogen) atoms. The number of furan rings is 1. The fourth-order valence-electron chi connectivity index (χ4n) is 2.97. The molecular weight excluding hydrogens is 426 g/mol. The highest BCUT2D eigenvalue weighted by atomic mass is 32.2. The summed E-state index contributed by atoms with van der Waals surface area (Å²) in [5.41, 5.74) is 1.95. The van der Waals surface area contributed by atoms with E-state index in [0.29, 0.717) is 22.7 Å². The number of hydrogen-bond acceptors (Lipinski definition) is 5. The van der Waals surface area contributed by atoms with Crippen LogP contribution in [-0.2, 0) is 14.8 Å². The third-order valence-electron chi connectivity index (χ3n) is 4.50. The third-order valence-corrected chi connectivity index (χ3v) is 5.89. The monoisotopic (exact) mass is 445 g/mol. The van der Waals surface area contributed by atoms with E-state index in [-0.39, 0.29) is 10.8 Å². The molecule has 0 aliphatic rings. The first kappa shape index (κ1) is 21.1. The first-order valence-corrected chi connectivity index (χ1v) is 11.1. The van der Waals surface area contributed by atoms with Crippen molar-refractivity contribution in [3.63, 3.8) is 0 Å². The smallest absolute Gasteiger partial charge is 0.261 e. The van der Waals surface area contributed by atoms with Gasteiger partial charge in [0.1, 0.15) is 5.76 Å². The largest absolute Gasteiger partial charge is 0.465 e. The van der Waals surface area contributed by atoms with Gasteiger partial charge in [-0.15, -0.1) is 0 Å². The Morgan fingerprint density at radius 2 is 1.66 bits per heavy atom. The second-order valence-corrected chi connectivity index (χ2v) is 8.45. The molecule has 0 bridgehead atoms. The molecule has 0 saturated heterocycles. The number of benzene rings is 2. The van der Waals surface area contributed by atoms with Gasteiger partial charge in [0.2, 0.25) is 0 Å². The van der Waals surface area contributed by atoms with E-state index in [9.17, 15) is 13.2 Å². The highest BCUT2D eigenvalue weighted by Gasteiger charge is 2.16. The Balaban J connectivity index is 1.53. The number of amides is 1. The highest BCUT2D eigenvalue weighted by Crippen LogP contribution is 2.22. The van der Waals surface area contributed by atoms with E-state index in [1.54, 1.807) is 36.5 Å². The maximum Gasteiger partial charge on any atom is 0.261 e. The fraction of sp³-hybridized carbons (Fsp3) is 0. The predicted octanol–water partition coefficient (Wildman–Crippen LogP) is 4.65. The van der Waals surface area contributed by atoms with Crippen LogP contribution in [0.3, 0.4) is 0 Å². The molecule has 2 N–H and O–H groups in total. The molecule has 2 aromatic heterocycles. The van der Waals surface area contributed by atoms with Gasteiger partial charge in [0, 0.05) is 11.9 Å². The molecule has 0 fully saturated rings. The normalized spacial score (nSPS) is 11.7. The molecule has 1 amide bonds. The van der Waals surface area contributed by atoms with Crippen LogP contribution >= 0.6 is 0 Å². The Kier molecular flexibility index (Phi) is 6.14. The average molecular weight is 446 g/mol. The van der Waals surface area contributed by atoms with Crippen LogP contribution in [0.2, 0.25) is 0 Å². The average Bonchev–Trinajstić information content (AvgIpc) is 3.32. The Morgan fingerprint density at radius 1 is 0.875 bits per heavy atom. The van der Waals surface area contributed by atoms with Gasteiger partial charge >= 0.3 is 0 Å². The van der Waals surface area contributed by atoms with E-state index < -0.39 is 10.0 Å². The fourth-order valence-corrected chi connectivity index (χ4v) is 4.01. The first-order valence-electron chi connectivity index (χ1n) is 9.66. The summed E-state index contributed by atoms with van der Waals surface area (Å²) < 4.78 is 32.9. The molecule has 0 aliphatic carbocycles.